The molecular weight excluding hydrogens is 320 g/mol. The second-order valence-corrected chi connectivity index (χ2v) is 7.49. The van der Waals surface area contributed by atoms with Crippen LogP contribution in [0.1, 0.15) is 40.2 Å². The number of benzene rings is 1. The summed E-state index contributed by atoms with van der Waals surface area (Å²) in [6, 6.07) is 8.51. The van der Waals surface area contributed by atoms with Gasteiger partial charge in [-0.05, 0) is 38.7 Å². The number of rotatable bonds is 8. The molecule has 0 aliphatic carbocycles. The molecule has 25 heavy (non-hydrogen) atoms. The Morgan fingerprint density at radius 2 is 1.76 bits per heavy atom. The second kappa shape index (κ2) is 9.42. The number of carbonyl (C=O) groups excluding carboxylic acids is 1. The van der Waals surface area contributed by atoms with Crippen LogP contribution in [0.3, 0.4) is 0 Å². The predicted molar refractivity (Wildman–Crippen MR) is 97.6 cm³/mol. The number of alkyl carbamates (subject to hydrolysis) is 1. The summed E-state index contributed by atoms with van der Waals surface area (Å²) < 4.78 is 5.27. The van der Waals surface area contributed by atoms with Crippen LogP contribution in [0.25, 0.3) is 0 Å². The number of amides is 1. The summed E-state index contributed by atoms with van der Waals surface area (Å²) in [4.78, 5) is 23.5. The standard InChI is InChI=1S/C19H30N2O4/c1-13(2)16(21-18(24)25-19(3,4)5)12-20-15(17(22)23)11-14-9-7-6-8-10-14/h6-10,13,15-16,20H,11-12H2,1-5H3,(H,21,24)(H,22,23). The second-order valence-electron chi connectivity index (χ2n) is 7.49. The monoisotopic (exact) mass is 350 g/mol. The largest absolute Gasteiger partial charge is 0.480 e. The number of carboxylic acids is 1. The molecule has 0 bridgehead atoms. The van der Waals surface area contributed by atoms with Gasteiger partial charge in [0.15, 0.2) is 0 Å². The molecule has 0 fully saturated rings. The van der Waals surface area contributed by atoms with Crippen LogP contribution in [0.15, 0.2) is 30.3 Å². The zero-order chi connectivity index (χ0) is 19.0. The van der Waals surface area contributed by atoms with Crippen LogP contribution in [-0.2, 0) is 16.0 Å². The van der Waals surface area contributed by atoms with E-state index in [1.165, 1.54) is 0 Å². The molecule has 6 nitrogen and oxygen atoms in total. The molecule has 6 heteroatoms. The lowest BCUT2D eigenvalue weighted by molar-refractivity contribution is -0.139. The molecule has 1 aromatic carbocycles. The summed E-state index contributed by atoms with van der Waals surface area (Å²) in [6.07, 6.45) is -0.115. The van der Waals surface area contributed by atoms with E-state index in [2.05, 4.69) is 10.6 Å². The maximum absolute atomic E-state index is 12.0. The minimum Gasteiger partial charge on any atom is -0.480 e. The highest BCUT2D eigenvalue weighted by Crippen LogP contribution is 2.09. The van der Waals surface area contributed by atoms with E-state index in [0.29, 0.717) is 13.0 Å². The van der Waals surface area contributed by atoms with Gasteiger partial charge >= 0.3 is 12.1 Å². The summed E-state index contributed by atoms with van der Waals surface area (Å²) in [5, 5.41) is 15.3. The van der Waals surface area contributed by atoms with Gasteiger partial charge in [-0.25, -0.2) is 4.79 Å². The summed E-state index contributed by atoms with van der Waals surface area (Å²) >= 11 is 0. The Balaban J connectivity index is 2.64. The molecule has 0 saturated carbocycles. The van der Waals surface area contributed by atoms with E-state index in [1.807, 2.05) is 44.2 Å². The molecule has 1 amide bonds. The zero-order valence-corrected chi connectivity index (χ0v) is 15.7. The molecule has 1 aromatic rings. The minimum absolute atomic E-state index is 0.131. The van der Waals surface area contributed by atoms with Crippen LogP contribution in [0.5, 0.6) is 0 Å². The lowest BCUT2D eigenvalue weighted by Crippen LogP contribution is -2.50. The Labute approximate surface area is 150 Å². The molecular formula is C19H30N2O4. The highest BCUT2D eigenvalue weighted by molar-refractivity contribution is 5.74. The summed E-state index contributed by atoms with van der Waals surface area (Å²) in [5.74, 6) is -0.783. The first-order chi connectivity index (χ1) is 11.6. The van der Waals surface area contributed by atoms with E-state index in [4.69, 9.17) is 4.74 Å². The lowest BCUT2D eigenvalue weighted by atomic mass is 10.0. The smallest absolute Gasteiger partial charge is 0.407 e. The minimum atomic E-state index is -0.913. The predicted octanol–water partition coefficient (Wildman–Crippen LogP) is 2.82. The normalized spacial score (nSPS) is 14.0. The van der Waals surface area contributed by atoms with Crippen molar-refractivity contribution in [2.24, 2.45) is 5.92 Å². The van der Waals surface area contributed by atoms with Gasteiger partial charge in [0.1, 0.15) is 11.6 Å². The first-order valence-corrected chi connectivity index (χ1v) is 8.58. The van der Waals surface area contributed by atoms with Gasteiger partial charge < -0.3 is 20.5 Å². The Bertz CT molecular complexity index is 552. The molecule has 0 spiro atoms. The third-order valence-corrected chi connectivity index (χ3v) is 3.67. The van der Waals surface area contributed by atoms with Gasteiger partial charge in [0.05, 0.1) is 0 Å². The summed E-state index contributed by atoms with van der Waals surface area (Å²) in [5.41, 5.74) is 0.374. The van der Waals surface area contributed by atoms with E-state index in [0.717, 1.165) is 5.56 Å². The maximum atomic E-state index is 12.0. The maximum Gasteiger partial charge on any atom is 0.407 e. The van der Waals surface area contributed by atoms with Crippen molar-refractivity contribution in [3.8, 4) is 0 Å². The highest BCUT2D eigenvalue weighted by Gasteiger charge is 2.24. The van der Waals surface area contributed by atoms with Gasteiger partial charge in [-0.1, -0.05) is 44.2 Å². The van der Waals surface area contributed by atoms with Crippen molar-refractivity contribution in [1.82, 2.24) is 10.6 Å². The molecule has 0 saturated heterocycles. The summed E-state index contributed by atoms with van der Waals surface area (Å²) in [6.45, 7) is 9.69. The molecule has 0 radical (unpaired) electrons. The lowest BCUT2D eigenvalue weighted by Gasteiger charge is -2.27. The third kappa shape index (κ3) is 8.54. The number of carbonyl (C=O) groups is 2. The molecule has 1 rings (SSSR count). The molecule has 0 heterocycles. The molecule has 0 aliphatic rings. The molecule has 3 N–H and O–H groups in total. The number of hydrogen-bond acceptors (Lipinski definition) is 4. The topological polar surface area (TPSA) is 87.7 Å². The van der Waals surface area contributed by atoms with E-state index < -0.39 is 23.7 Å². The van der Waals surface area contributed by atoms with Crippen molar-refractivity contribution in [3.63, 3.8) is 0 Å². The van der Waals surface area contributed by atoms with Gasteiger partial charge in [-0.15, -0.1) is 0 Å². The third-order valence-electron chi connectivity index (χ3n) is 3.67. The zero-order valence-electron chi connectivity index (χ0n) is 15.7. The fraction of sp³-hybridized carbons (Fsp3) is 0.579. The molecule has 140 valence electrons. The number of hydrogen-bond donors (Lipinski definition) is 3. The average Bonchev–Trinajstić information content (AvgIpc) is 2.48. The number of nitrogens with one attached hydrogen (secondary N) is 2. The summed E-state index contributed by atoms with van der Waals surface area (Å²) in [7, 11) is 0. The SMILES string of the molecule is CC(C)C(CNC(Cc1ccccc1)C(=O)O)NC(=O)OC(C)(C)C. The van der Waals surface area contributed by atoms with Crippen LogP contribution in [0.4, 0.5) is 4.79 Å². The Morgan fingerprint density at radius 3 is 2.24 bits per heavy atom. The van der Waals surface area contributed by atoms with Crippen LogP contribution >= 0.6 is 0 Å². The molecule has 0 aliphatic heterocycles. The van der Waals surface area contributed by atoms with E-state index in [9.17, 15) is 14.7 Å². The van der Waals surface area contributed by atoms with Crippen LogP contribution < -0.4 is 10.6 Å². The first kappa shape index (κ1) is 21.0. The number of carboxylic acid groups (broad SMARTS) is 1. The Morgan fingerprint density at radius 1 is 1.16 bits per heavy atom. The average molecular weight is 350 g/mol. The fourth-order valence-electron chi connectivity index (χ4n) is 2.28. The van der Waals surface area contributed by atoms with Crippen molar-refractivity contribution in [3.05, 3.63) is 35.9 Å². The number of aliphatic carboxylic acids is 1. The van der Waals surface area contributed by atoms with Crippen LogP contribution in [0, 0.1) is 5.92 Å². The van der Waals surface area contributed by atoms with Gasteiger partial charge in [-0.2, -0.15) is 0 Å². The van der Waals surface area contributed by atoms with E-state index in [1.54, 1.807) is 20.8 Å². The van der Waals surface area contributed by atoms with Gasteiger partial charge in [-0.3, -0.25) is 4.79 Å². The van der Waals surface area contributed by atoms with E-state index >= 15 is 0 Å². The highest BCUT2D eigenvalue weighted by atomic mass is 16.6. The molecule has 2 unspecified atom stereocenters. The Hall–Kier alpha value is -2.08. The number of ether oxygens (including phenoxy) is 1. The van der Waals surface area contributed by atoms with Gasteiger partial charge in [0, 0.05) is 12.6 Å². The van der Waals surface area contributed by atoms with Crippen molar-refractivity contribution < 1.29 is 19.4 Å². The van der Waals surface area contributed by atoms with Crippen molar-refractivity contribution in [1.29, 1.82) is 0 Å². The van der Waals surface area contributed by atoms with E-state index in [-0.39, 0.29) is 12.0 Å². The quantitative estimate of drug-likeness (QED) is 0.671. The molecule has 0 aromatic heterocycles. The van der Waals surface area contributed by atoms with Gasteiger partial charge in [0.2, 0.25) is 0 Å². The van der Waals surface area contributed by atoms with Crippen molar-refractivity contribution in [2.75, 3.05) is 6.54 Å². The Kier molecular flexibility index (Phi) is 7.90. The van der Waals surface area contributed by atoms with Crippen LogP contribution in [-0.4, -0.2) is 41.4 Å². The fourth-order valence-corrected chi connectivity index (χ4v) is 2.28. The van der Waals surface area contributed by atoms with Crippen molar-refractivity contribution in [2.45, 2.75) is 58.7 Å². The van der Waals surface area contributed by atoms with Gasteiger partial charge in [0.25, 0.3) is 0 Å². The van der Waals surface area contributed by atoms with Crippen LogP contribution in [0.2, 0.25) is 0 Å². The van der Waals surface area contributed by atoms with Crippen molar-refractivity contribution >= 4 is 12.1 Å². The molecule has 2 atom stereocenters. The first-order valence-electron chi connectivity index (χ1n) is 8.58.